The summed E-state index contributed by atoms with van der Waals surface area (Å²) >= 11 is 0. The Morgan fingerprint density at radius 1 is 1.05 bits per heavy atom. The minimum atomic E-state index is -0.293. The van der Waals surface area contributed by atoms with Crippen molar-refractivity contribution in [1.82, 2.24) is 5.32 Å². The fraction of sp³-hybridized carbons (Fsp3) is 0.529. The van der Waals surface area contributed by atoms with E-state index in [0.717, 1.165) is 17.5 Å². The van der Waals surface area contributed by atoms with Gasteiger partial charge in [-0.2, -0.15) is 0 Å². The highest BCUT2D eigenvalue weighted by atomic mass is 16.2. The zero-order valence-corrected chi connectivity index (χ0v) is 12.6. The minimum Gasteiger partial charge on any atom is -0.382 e. The number of imide groups is 1. The molecule has 21 heavy (non-hydrogen) atoms. The Balaban J connectivity index is 1.66. The average Bonchev–Trinajstić information content (AvgIpc) is 2.74. The van der Waals surface area contributed by atoms with Crippen LogP contribution in [-0.2, 0) is 0 Å². The SMILES string of the molecule is CC(C)C1CCC(Nc2ccc3c(c2)C(=O)NC3=O)CC1. The molecular formula is C17H22N2O2. The number of amides is 2. The van der Waals surface area contributed by atoms with Gasteiger partial charge >= 0.3 is 0 Å². The molecule has 2 amide bonds. The second kappa shape index (κ2) is 5.51. The molecule has 0 unspecified atom stereocenters. The van der Waals surface area contributed by atoms with Gasteiger partial charge in [-0.1, -0.05) is 13.8 Å². The molecule has 112 valence electrons. The molecule has 0 bridgehead atoms. The summed E-state index contributed by atoms with van der Waals surface area (Å²) in [7, 11) is 0. The number of carbonyl (C=O) groups is 2. The molecule has 2 N–H and O–H groups in total. The lowest BCUT2D eigenvalue weighted by Gasteiger charge is -2.31. The van der Waals surface area contributed by atoms with Crippen molar-refractivity contribution in [2.24, 2.45) is 11.8 Å². The van der Waals surface area contributed by atoms with Crippen LogP contribution in [0.4, 0.5) is 5.69 Å². The molecule has 3 rings (SSSR count). The Labute approximate surface area is 125 Å². The van der Waals surface area contributed by atoms with Crippen molar-refractivity contribution in [2.45, 2.75) is 45.6 Å². The van der Waals surface area contributed by atoms with Crippen LogP contribution in [0.25, 0.3) is 0 Å². The Hall–Kier alpha value is -1.84. The highest BCUT2D eigenvalue weighted by molar-refractivity contribution is 6.21. The van der Waals surface area contributed by atoms with Gasteiger partial charge in [0.2, 0.25) is 0 Å². The van der Waals surface area contributed by atoms with Crippen molar-refractivity contribution in [2.75, 3.05) is 5.32 Å². The summed E-state index contributed by atoms with van der Waals surface area (Å²) in [5.41, 5.74) is 1.90. The number of fused-ring (bicyclic) bond motifs is 1. The van der Waals surface area contributed by atoms with E-state index in [1.165, 1.54) is 25.7 Å². The van der Waals surface area contributed by atoms with E-state index in [1.54, 1.807) is 12.1 Å². The molecule has 1 fully saturated rings. The molecule has 0 radical (unpaired) electrons. The zero-order chi connectivity index (χ0) is 15.0. The molecule has 1 aromatic carbocycles. The maximum absolute atomic E-state index is 11.7. The minimum absolute atomic E-state index is 0.290. The van der Waals surface area contributed by atoms with E-state index >= 15 is 0 Å². The second-order valence-electron chi connectivity index (χ2n) is 6.54. The maximum atomic E-state index is 11.7. The number of carbonyl (C=O) groups excluding carboxylic acids is 2. The van der Waals surface area contributed by atoms with Crippen molar-refractivity contribution in [1.29, 1.82) is 0 Å². The molecule has 2 aliphatic rings. The summed E-state index contributed by atoms with van der Waals surface area (Å²) in [5.74, 6) is 1.02. The quantitative estimate of drug-likeness (QED) is 0.839. The highest BCUT2D eigenvalue weighted by Gasteiger charge is 2.27. The number of hydrogen-bond acceptors (Lipinski definition) is 3. The fourth-order valence-electron chi connectivity index (χ4n) is 3.42. The van der Waals surface area contributed by atoms with E-state index in [2.05, 4.69) is 24.5 Å². The molecule has 4 nitrogen and oxygen atoms in total. The van der Waals surface area contributed by atoms with Gasteiger partial charge in [0.15, 0.2) is 0 Å². The lowest BCUT2D eigenvalue weighted by Crippen LogP contribution is -2.28. The average molecular weight is 286 g/mol. The van der Waals surface area contributed by atoms with E-state index in [-0.39, 0.29) is 11.8 Å². The molecule has 4 heteroatoms. The molecule has 0 aromatic heterocycles. The number of nitrogens with one attached hydrogen (secondary N) is 2. The van der Waals surface area contributed by atoms with Crippen LogP contribution in [0, 0.1) is 11.8 Å². The summed E-state index contributed by atoms with van der Waals surface area (Å²) in [6.45, 7) is 4.60. The number of rotatable bonds is 3. The first kappa shape index (κ1) is 14.1. The van der Waals surface area contributed by atoms with Gasteiger partial charge in [0.05, 0.1) is 11.1 Å². The van der Waals surface area contributed by atoms with Gasteiger partial charge in [0.1, 0.15) is 0 Å². The van der Waals surface area contributed by atoms with Crippen molar-refractivity contribution in [3.05, 3.63) is 29.3 Å². The smallest absolute Gasteiger partial charge is 0.259 e. The highest BCUT2D eigenvalue weighted by Crippen LogP contribution is 2.31. The lowest BCUT2D eigenvalue weighted by molar-refractivity contribution is 0.0879. The second-order valence-corrected chi connectivity index (χ2v) is 6.54. The molecular weight excluding hydrogens is 264 g/mol. The van der Waals surface area contributed by atoms with Crippen LogP contribution in [0.2, 0.25) is 0 Å². The van der Waals surface area contributed by atoms with Crippen LogP contribution in [0.1, 0.15) is 60.2 Å². The van der Waals surface area contributed by atoms with Crippen molar-refractivity contribution in [3.8, 4) is 0 Å². The van der Waals surface area contributed by atoms with E-state index in [4.69, 9.17) is 0 Å². The van der Waals surface area contributed by atoms with Gasteiger partial charge in [-0.15, -0.1) is 0 Å². The van der Waals surface area contributed by atoms with Crippen LogP contribution in [-0.4, -0.2) is 17.9 Å². The maximum Gasteiger partial charge on any atom is 0.259 e. The molecule has 1 aliphatic heterocycles. The molecule has 0 saturated heterocycles. The van der Waals surface area contributed by atoms with Gasteiger partial charge in [-0.05, 0) is 55.7 Å². The molecule has 0 spiro atoms. The van der Waals surface area contributed by atoms with Gasteiger partial charge in [0, 0.05) is 11.7 Å². The monoisotopic (exact) mass is 286 g/mol. The number of hydrogen-bond donors (Lipinski definition) is 2. The van der Waals surface area contributed by atoms with Crippen molar-refractivity contribution < 1.29 is 9.59 Å². The molecule has 1 saturated carbocycles. The fourth-order valence-corrected chi connectivity index (χ4v) is 3.42. The number of benzene rings is 1. The summed E-state index contributed by atoms with van der Waals surface area (Å²) in [6.07, 6.45) is 4.87. The van der Waals surface area contributed by atoms with Crippen LogP contribution < -0.4 is 10.6 Å². The van der Waals surface area contributed by atoms with E-state index in [1.807, 2.05) is 6.07 Å². The summed E-state index contributed by atoms with van der Waals surface area (Å²) in [4.78, 5) is 23.2. The first-order valence-corrected chi connectivity index (χ1v) is 7.81. The van der Waals surface area contributed by atoms with E-state index < -0.39 is 0 Å². The third kappa shape index (κ3) is 2.80. The normalized spacial score (nSPS) is 24.9. The zero-order valence-electron chi connectivity index (χ0n) is 12.6. The standard InChI is InChI=1S/C17H22N2O2/c1-10(2)11-3-5-12(6-4-11)18-13-7-8-14-15(9-13)17(21)19-16(14)20/h7-12,18H,3-6H2,1-2H3,(H,19,20,21). The Morgan fingerprint density at radius 3 is 2.38 bits per heavy atom. The summed E-state index contributed by atoms with van der Waals surface area (Å²) < 4.78 is 0. The third-order valence-corrected chi connectivity index (χ3v) is 4.82. The third-order valence-electron chi connectivity index (χ3n) is 4.82. The lowest BCUT2D eigenvalue weighted by atomic mass is 9.79. The van der Waals surface area contributed by atoms with E-state index in [9.17, 15) is 9.59 Å². The van der Waals surface area contributed by atoms with Crippen LogP contribution in [0.15, 0.2) is 18.2 Å². The molecule has 1 aromatic rings. The predicted molar refractivity (Wildman–Crippen MR) is 82.4 cm³/mol. The summed E-state index contributed by atoms with van der Waals surface area (Å²) in [6, 6.07) is 5.89. The topological polar surface area (TPSA) is 58.2 Å². The van der Waals surface area contributed by atoms with E-state index in [0.29, 0.717) is 17.2 Å². The van der Waals surface area contributed by atoms with Gasteiger partial charge in [-0.3, -0.25) is 14.9 Å². The predicted octanol–water partition coefficient (Wildman–Crippen LogP) is 3.20. The van der Waals surface area contributed by atoms with Crippen molar-refractivity contribution >= 4 is 17.5 Å². The molecule has 0 atom stereocenters. The van der Waals surface area contributed by atoms with Gasteiger partial charge in [-0.25, -0.2) is 0 Å². The van der Waals surface area contributed by atoms with Crippen LogP contribution in [0.5, 0.6) is 0 Å². The molecule has 1 heterocycles. The van der Waals surface area contributed by atoms with Crippen LogP contribution >= 0.6 is 0 Å². The summed E-state index contributed by atoms with van der Waals surface area (Å²) in [5, 5.41) is 5.84. The van der Waals surface area contributed by atoms with Gasteiger partial charge < -0.3 is 5.32 Å². The van der Waals surface area contributed by atoms with Crippen LogP contribution in [0.3, 0.4) is 0 Å². The largest absolute Gasteiger partial charge is 0.382 e. The Morgan fingerprint density at radius 2 is 1.71 bits per heavy atom. The Kier molecular flexibility index (Phi) is 3.70. The first-order valence-electron chi connectivity index (χ1n) is 7.81. The van der Waals surface area contributed by atoms with Crippen molar-refractivity contribution in [3.63, 3.8) is 0 Å². The molecule has 1 aliphatic carbocycles. The first-order chi connectivity index (χ1) is 10.0. The van der Waals surface area contributed by atoms with Gasteiger partial charge in [0.25, 0.3) is 11.8 Å². The number of anilines is 1. The Bertz CT molecular complexity index is 572.